The van der Waals surface area contributed by atoms with Crippen molar-refractivity contribution in [2.75, 3.05) is 13.2 Å². The molecule has 0 spiro atoms. The molecule has 1 saturated heterocycles. The third-order valence-corrected chi connectivity index (χ3v) is 3.38. The third-order valence-electron chi connectivity index (χ3n) is 3.38. The van der Waals surface area contributed by atoms with Gasteiger partial charge in [0.15, 0.2) is 6.61 Å². The standard InChI is InChI=1S/C15H16N4O6/c16-19-14(15(22)23)24-7-6-10-12(13(21)17-10)18-11(20)8-25-9-4-2-1-3-5-9/h1-5,10,12H,6-8H2,(H,17,21)(H,18,20)(H,22,23)/t10?,12-/m0/s1. The number of carbonyl (C=O) groups is 3. The van der Waals surface area contributed by atoms with Crippen molar-refractivity contribution in [1.29, 1.82) is 0 Å². The molecule has 0 saturated carbocycles. The second-order valence-corrected chi connectivity index (χ2v) is 5.11. The Morgan fingerprint density at radius 1 is 1.32 bits per heavy atom. The van der Waals surface area contributed by atoms with Crippen molar-refractivity contribution in [3.63, 3.8) is 0 Å². The van der Waals surface area contributed by atoms with Crippen LogP contribution in [0.15, 0.2) is 30.3 Å². The van der Waals surface area contributed by atoms with Crippen LogP contribution in [0.3, 0.4) is 0 Å². The van der Waals surface area contributed by atoms with Crippen molar-refractivity contribution >= 4 is 23.7 Å². The van der Waals surface area contributed by atoms with Crippen molar-refractivity contribution in [3.8, 4) is 5.75 Å². The van der Waals surface area contributed by atoms with E-state index in [9.17, 15) is 14.4 Å². The average molecular weight is 348 g/mol. The van der Waals surface area contributed by atoms with Crippen LogP contribution in [0, 0.1) is 0 Å². The summed E-state index contributed by atoms with van der Waals surface area (Å²) in [6.45, 7) is -0.346. The van der Waals surface area contributed by atoms with Crippen LogP contribution in [0.1, 0.15) is 6.42 Å². The maximum Gasteiger partial charge on any atom is 0.561 e. The number of rotatable bonds is 7. The van der Waals surface area contributed by atoms with Crippen LogP contribution < -0.4 is 15.4 Å². The van der Waals surface area contributed by atoms with Gasteiger partial charge in [-0.05, 0) is 12.1 Å². The number of ether oxygens (including phenoxy) is 2. The first kappa shape index (κ1) is 18.0. The molecule has 1 heterocycles. The van der Waals surface area contributed by atoms with Crippen molar-refractivity contribution < 1.29 is 33.8 Å². The summed E-state index contributed by atoms with van der Waals surface area (Å²) in [5.41, 5.74) is 8.44. The lowest BCUT2D eigenvalue weighted by atomic mass is 9.96. The van der Waals surface area contributed by atoms with E-state index in [4.69, 9.17) is 20.1 Å². The Bertz CT molecular complexity index is 701. The van der Waals surface area contributed by atoms with E-state index in [-0.39, 0.29) is 25.5 Å². The van der Waals surface area contributed by atoms with Gasteiger partial charge in [0.05, 0.1) is 12.6 Å². The van der Waals surface area contributed by atoms with E-state index >= 15 is 0 Å². The van der Waals surface area contributed by atoms with Gasteiger partial charge in [0, 0.05) is 6.42 Å². The molecular formula is C15H16N4O6. The summed E-state index contributed by atoms with van der Waals surface area (Å²) >= 11 is 0. The summed E-state index contributed by atoms with van der Waals surface area (Å²) < 4.78 is 10.0. The Morgan fingerprint density at radius 3 is 2.64 bits per heavy atom. The average Bonchev–Trinajstić information content (AvgIpc) is 2.61. The summed E-state index contributed by atoms with van der Waals surface area (Å²) in [6.07, 6.45) is 0.225. The lowest BCUT2D eigenvalue weighted by Crippen LogP contribution is -2.69. The number of hydrogen-bond acceptors (Lipinski definition) is 5. The van der Waals surface area contributed by atoms with Gasteiger partial charge in [-0.15, -0.1) is 4.79 Å². The fraction of sp³-hybridized carbons (Fsp3) is 0.333. The van der Waals surface area contributed by atoms with E-state index in [1.165, 1.54) is 0 Å². The number of benzene rings is 1. The molecular weight excluding hydrogens is 332 g/mol. The molecule has 0 bridgehead atoms. The van der Waals surface area contributed by atoms with Gasteiger partial charge < -0.3 is 30.7 Å². The predicted molar refractivity (Wildman–Crippen MR) is 82.6 cm³/mol. The number of amides is 2. The highest BCUT2D eigenvalue weighted by molar-refractivity contribution is 6.28. The Kier molecular flexibility index (Phi) is 6.08. The van der Waals surface area contributed by atoms with Gasteiger partial charge in [-0.1, -0.05) is 18.2 Å². The predicted octanol–water partition coefficient (Wildman–Crippen LogP) is -0.832. The second kappa shape index (κ2) is 8.46. The van der Waals surface area contributed by atoms with Crippen LogP contribution >= 0.6 is 0 Å². The van der Waals surface area contributed by atoms with E-state index in [0.29, 0.717) is 5.75 Å². The summed E-state index contributed by atoms with van der Waals surface area (Å²) in [7, 11) is 0. The molecule has 0 aliphatic carbocycles. The van der Waals surface area contributed by atoms with Gasteiger partial charge in [-0.2, -0.15) is 0 Å². The number of nitrogens with zero attached hydrogens (tertiary/aromatic N) is 2. The molecule has 1 unspecified atom stereocenters. The Balaban J connectivity index is 1.74. The molecule has 2 amide bonds. The smallest absolute Gasteiger partial charge is 0.484 e. The highest BCUT2D eigenvalue weighted by Crippen LogP contribution is 2.11. The van der Waals surface area contributed by atoms with Crippen LogP contribution in [0.2, 0.25) is 0 Å². The van der Waals surface area contributed by atoms with E-state index < -0.39 is 29.9 Å². The van der Waals surface area contributed by atoms with Crippen LogP contribution in [0.4, 0.5) is 0 Å². The number of nitrogens with one attached hydrogen (secondary N) is 2. The number of carboxylic acids is 1. The molecule has 2 rings (SSSR count). The Morgan fingerprint density at radius 2 is 2.04 bits per heavy atom. The third kappa shape index (κ3) is 5.05. The molecule has 0 radical (unpaired) electrons. The van der Waals surface area contributed by atoms with Crippen molar-refractivity contribution in [2.24, 2.45) is 0 Å². The lowest BCUT2D eigenvalue weighted by molar-refractivity contribution is -0.140. The van der Waals surface area contributed by atoms with E-state index in [2.05, 4.69) is 15.4 Å². The lowest BCUT2D eigenvalue weighted by Gasteiger charge is -2.36. The summed E-state index contributed by atoms with van der Waals surface area (Å²) in [6, 6.07) is 7.58. The van der Waals surface area contributed by atoms with Crippen LogP contribution in [0.25, 0.3) is 5.53 Å². The molecule has 1 aromatic rings. The number of β-lactam (4-membered cyclic amide) rings is 1. The van der Waals surface area contributed by atoms with E-state index in [1.54, 1.807) is 24.3 Å². The molecule has 25 heavy (non-hydrogen) atoms. The van der Waals surface area contributed by atoms with Crippen LogP contribution in [0.5, 0.6) is 5.75 Å². The fourth-order valence-corrected chi connectivity index (χ4v) is 2.14. The molecule has 1 fully saturated rings. The number of hydrogen-bond donors (Lipinski definition) is 3. The number of aliphatic carboxylic acids is 1. The largest absolute Gasteiger partial charge is 0.561 e. The summed E-state index contributed by atoms with van der Waals surface area (Å²) in [4.78, 5) is 36.5. The fourth-order valence-electron chi connectivity index (χ4n) is 2.14. The zero-order valence-corrected chi connectivity index (χ0v) is 13.0. The maximum atomic E-state index is 11.9. The number of carbonyl (C=O) groups excluding carboxylic acids is 2. The first-order chi connectivity index (χ1) is 12.0. The SMILES string of the molecule is [N-]=[N+]=C(OCCC1NC(=O)[C@H]1NC(=O)COc1ccccc1)C(=O)O. The summed E-state index contributed by atoms with van der Waals surface area (Å²) in [5.74, 6) is -2.64. The highest BCUT2D eigenvalue weighted by atomic mass is 16.5. The molecule has 3 N–H and O–H groups in total. The van der Waals surface area contributed by atoms with Crippen LogP contribution in [-0.2, 0) is 19.1 Å². The van der Waals surface area contributed by atoms with Crippen molar-refractivity contribution in [1.82, 2.24) is 10.6 Å². The van der Waals surface area contributed by atoms with Gasteiger partial charge in [0.1, 0.15) is 11.8 Å². The van der Waals surface area contributed by atoms with Crippen LogP contribution in [-0.4, -0.2) is 58.9 Å². The molecule has 132 valence electrons. The minimum Gasteiger partial charge on any atom is -0.484 e. The molecule has 1 aliphatic rings. The zero-order valence-electron chi connectivity index (χ0n) is 13.0. The summed E-state index contributed by atoms with van der Waals surface area (Å²) in [5, 5.41) is 13.7. The highest BCUT2D eigenvalue weighted by Gasteiger charge is 2.40. The van der Waals surface area contributed by atoms with Gasteiger partial charge in [0.2, 0.25) is 5.91 Å². The van der Waals surface area contributed by atoms with Crippen molar-refractivity contribution in [2.45, 2.75) is 18.5 Å². The maximum absolute atomic E-state index is 11.9. The minimum atomic E-state index is -1.51. The van der Waals surface area contributed by atoms with Crippen molar-refractivity contribution in [3.05, 3.63) is 35.9 Å². The van der Waals surface area contributed by atoms with E-state index in [1.807, 2.05) is 6.07 Å². The first-order valence-corrected chi connectivity index (χ1v) is 7.37. The van der Waals surface area contributed by atoms with Gasteiger partial charge >= 0.3 is 11.9 Å². The van der Waals surface area contributed by atoms with Gasteiger partial charge in [-0.3, -0.25) is 9.59 Å². The zero-order chi connectivity index (χ0) is 18.2. The molecule has 10 nitrogen and oxygen atoms in total. The Labute approximate surface area is 142 Å². The normalized spacial score (nSPS) is 18.2. The Hall–Kier alpha value is -3.39. The second-order valence-electron chi connectivity index (χ2n) is 5.11. The number of para-hydroxylation sites is 1. The van der Waals surface area contributed by atoms with Gasteiger partial charge in [-0.25, -0.2) is 4.79 Å². The topological polar surface area (TPSA) is 150 Å². The minimum absolute atomic E-state index is 0.108. The van der Waals surface area contributed by atoms with E-state index in [0.717, 1.165) is 0 Å². The monoisotopic (exact) mass is 348 g/mol. The molecule has 10 heteroatoms. The molecule has 0 aromatic heterocycles. The molecule has 1 aliphatic heterocycles. The molecule has 1 aromatic carbocycles. The van der Waals surface area contributed by atoms with Gasteiger partial charge in [0.25, 0.3) is 5.91 Å². The first-order valence-electron chi connectivity index (χ1n) is 7.37. The number of carboxylic acid groups (broad SMARTS) is 1. The quantitative estimate of drug-likeness (QED) is 0.192. The molecule has 2 atom stereocenters.